The predicted molar refractivity (Wildman–Crippen MR) is 144 cm³/mol. The van der Waals surface area contributed by atoms with Crippen LogP contribution in [0.15, 0.2) is 127 Å². The van der Waals surface area contributed by atoms with Crippen LogP contribution in [0.3, 0.4) is 0 Å². The van der Waals surface area contributed by atoms with Gasteiger partial charge in [0.2, 0.25) is 0 Å². The molecule has 2 heteroatoms. The lowest BCUT2D eigenvalue weighted by atomic mass is 9.98. The van der Waals surface area contributed by atoms with Crippen LogP contribution in [0.4, 0.5) is 0 Å². The highest BCUT2D eigenvalue weighted by Crippen LogP contribution is 2.45. The summed E-state index contributed by atoms with van der Waals surface area (Å²) < 4.78 is 2.44. The van der Waals surface area contributed by atoms with Crippen LogP contribution in [0.2, 0.25) is 0 Å². The van der Waals surface area contributed by atoms with Gasteiger partial charge in [0.1, 0.15) is 0 Å². The van der Waals surface area contributed by atoms with Gasteiger partial charge in [-0.25, -0.2) is 0 Å². The van der Waals surface area contributed by atoms with Gasteiger partial charge in [0.15, 0.2) is 0 Å². The average Bonchev–Trinajstić information content (AvgIpc) is 3.46. The Bertz CT molecular complexity index is 1770. The molecule has 1 N–H and O–H groups in total. The first-order valence-electron chi connectivity index (χ1n) is 11.6. The second-order valence-electron chi connectivity index (χ2n) is 8.68. The number of H-pyrrole nitrogens is 1. The van der Waals surface area contributed by atoms with E-state index in [1.54, 1.807) is 0 Å². The van der Waals surface area contributed by atoms with E-state index in [4.69, 9.17) is 0 Å². The minimum atomic E-state index is 1.15. The molecule has 7 rings (SSSR count). The first kappa shape index (κ1) is 19.0. The van der Waals surface area contributed by atoms with Crippen molar-refractivity contribution in [3.8, 4) is 28.1 Å². The number of rotatable bonds is 3. The third-order valence-electron chi connectivity index (χ3n) is 6.73. The quantitative estimate of drug-likeness (QED) is 0.287. The van der Waals surface area contributed by atoms with E-state index in [0.29, 0.717) is 0 Å². The van der Waals surface area contributed by atoms with Crippen LogP contribution < -0.4 is 0 Å². The zero-order valence-electron chi connectivity index (χ0n) is 18.6. The van der Waals surface area contributed by atoms with Crippen molar-refractivity contribution >= 4 is 32.7 Å². The van der Waals surface area contributed by atoms with Gasteiger partial charge in [0.05, 0.1) is 16.7 Å². The van der Waals surface area contributed by atoms with Crippen LogP contribution in [0.25, 0.3) is 60.8 Å². The molecule has 0 bridgehead atoms. The molecule has 160 valence electrons. The van der Waals surface area contributed by atoms with Crippen molar-refractivity contribution in [2.75, 3.05) is 0 Å². The van der Waals surface area contributed by atoms with Crippen molar-refractivity contribution in [3.05, 3.63) is 127 Å². The second kappa shape index (κ2) is 7.50. The molecule has 2 aromatic heterocycles. The van der Waals surface area contributed by atoms with Gasteiger partial charge in [-0.2, -0.15) is 0 Å². The third kappa shape index (κ3) is 2.76. The fourth-order valence-corrected chi connectivity index (χ4v) is 5.29. The third-order valence-corrected chi connectivity index (χ3v) is 6.73. The van der Waals surface area contributed by atoms with E-state index in [9.17, 15) is 0 Å². The molecule has 0 aliphatic heterocycles. The molecule has 0 spiro atoms. The Hall–Kier alpha value is -4.56. The Kier molecular flexibility index (Phi) is 4.18. The number of benzene rings is 5. The zero-order chi connectivity index (χ0) is 22.5. The van der Waals surface area contributed by atoms with Gasteiger partial charge >= 0.3 is 0 Å². The molecule has 5 aromatic carbocycles. The first-order valence-corrected chi connectivity index (χ1v) is 11.6. The van der Waals surface area contributed by atoms with Crippen molar-refractivity contribution < 1.29 is 0 Å². The first-order chi connectivity index (χ1) is 16.9. The van der Waals surface area contributed by atoms with Gasteiger partial charge in [0, 0.05) is 32.9 Å². The molecule has 0 aliphatic carbocycles. The normalized spacial score (nSPS) is 11.5. The summed E-state index contributed by atoms with van der Waals surface area (Å²) in [6.45, 7) is 0. The summed E-state index contributed by atoms with van der Waals surface area (Å²) >= 11 is 0. The number of hydrogen-bond donors (Lipinski definition) is 1. The minimum absolute atomic E-state index is 1.15. The lowest BCUT2D eigenvalue weighted by Crippen LogP contribution is -1.97. The smallest absolute Gasteiger partial charge is 0.0783 e. The number of aromatic amines is 1. The summed E-state index contributed by atoms with van der Waals surface area (Å²) in [6.07, 6.45) is 0. The summed E-state index contributed by atoms with van der Waals surface area (Å²) in [5.41, 5.74) is 9.57. The van der Waals surface area contributed by atoms with Crippen LogP contribution >= 0.6 is 0 Å². The van der Waals surface area contributed by atoms with E-state index in [2.05, 4.69) is 137 Å². The lowest BCUT2D eigenvalue weighted by Gasteiger charge is -2.13. The molecular formula is C32H22N2. The van der Waals surface area contributed by atoms with Crippen LogP contribution in [0.5, 0.6) is 0 Å². The summed E-state index contributed by atoms with van der Waals surface area (Å²) in [4.78, 5) is 3.75. The number of para-hydroxylation sites is 2. The summed E-state index contributed by atoms with van der Waals surface area (Å²) in [6, 6.07) is 45.3. The molecule has 7 aromatic rings. The number of hydrogen-bond acceptors (Lipinski definition) is 0. The van der Waals surface area contributed by atoms with Gasteiger partial charge in [-0.05, 0) is 29.3 Å². The molecule has 0 unspecified atom stereocenters. The Morgan fingerprint density at radius 1 is 0.471 bits per heavy atom. The topological polar surface area (TPSA) is 20.7 Å². The van der Waals surface area contributed by atoms with Gasteiger partial charge in [-0.1, -0.05) is 109 Å². The summed E-state index contributed by atoms with van der Waals surface area (Å²) in [5, 5.41) is 3.74. The van der Waals surface area contributed by atoms with Gasteiger partial charge in [-0.3, -0.25) is 0 Å². The molecule has 0 radical (unpaired) electrons. The van der Waals surface area contributed by atoms with Crippen molar-refractivity contribution in [1.29, 1.82) is 0 Å². The Morgan fingerprint density at radius 3 is 1.79 bits per heavy atom. The predicted octanol–water partition coefficient (Wildman–Crippen LogP) is 8.60. The van der Waals surface area contributed by atoms with Gasteiger partial charge in [-0.15, -0.1) is 0 Å². The van der Waals surface area contributed by atoms with Crippen molar-refractivity contribution in [3.63, 3.8) is 0 Å². The van der Waals surface area contributed by atoms with E-state index in [-0.39, 0.29) is 0 Å². The van der Waals surface area contributed by atoms with E-state index < -0.39 is 0 Å². The second-order valence-corrected chi connectivity index (χ2v) is 8.68. The average molecular weight is 435 g/mol. The maximum Gasteiger partial charge on any atom is 0.0783 e. The highest BCUT2D eigenvalue weighted by Gasteiger charge is 2.23. The molecular weight excluding hydrogens is 412 g/mol. The van der Waals surface area contributed by atoms with Crippen molar-refractivity contribution in [2.24, 2.45) is 0 Å². The summed E-state index contributed by atoms with van der Waals surface area (Å²) in [7, 11) is 0. The molecule has 0 aliphatic rings. The maximum atomic E-state index is 3.75. The molecule has 0 fully saturated rings. The Labute approximate surface area is 197 Å². The van der Waals surface area contributed by atoms with Crippen LogP contribution in [-0.4, -0.2) is 9.55 Å². The molecule has 0 saturated carbocycles. The van der Waals surface area contributed by atoms with Crippen LogP contribution in [0.1, 0.15) is 0 Å². The van der Waals surface area contributed by atoms with Crippen molar-refractivity contribution in [1.82, 2.24) is 9.55 Å². The largest absolute Gasteiger partial charge is 0.353 e. The maximum absolute atomic E-state index is 3.75. The van der Waals surface area contributed by atoms with Crippen molar-refractivity contribution in [2.45, 2.75) is 0 Å². The van der Waals surface area contributed by atoms with Gasteiger partial charge < -0.3 is 9.55 Å². The molecule has 34 heavy (non-hydrogen) atoms. The number of nitrogens with zero attached hydrogens (tertiary/aromatic N) is 1. The van der Waals surface area contributed by atoms with E-state index >= 15 is 0 Å². The van der Waals surface area contributed by atoms with Crippen LogP contribution in [0, 0.1) is 0 Å². The van der Waals surface area contributed by atoms with E-state index in [1.807, 2.05) is 0 Å². The SMILES string of the molecule is c1ccc(-c2c(-c3ccccc3)n(-c3ccccc3)c3c2ccc2c4ccccc4[nH]c23)cc1. The Balaban J connectivity index is 1.75. The monoisotopic (exact) mass is 434 g/mol. The molecule has 0 amide bonds. The molecule has 0 atom stereocenters. The number of fused-ring (bicyclic) bond motifs is 5. The number of aromatic nitrogens is 2. The van der Waals surface area contributed by atoms with E-state index in [1.165, 1.54) is 49.6 Å². The van der Waals surface area contributed by atoms with E-state index in [0.717, 1.165) is 11.2 Å². The number of nitrogens with one attached hydrogen (secondary N) is 1. The molecule has 2 nitrogen and oxygen atoms in total. The van der Waals surface area contributed by atoms with Gasteiger partial charge in [0.25, 0.3) is 0 Å². The summed E-state index contributed by atoms with van der Waals surface area (Å²) in [5.74, 6) is 0. The lowest BCUT2D eigenvalue weighted by molar-refractivity contribution is 1.14. The highest BCUT2D eigenvalue weighted by atomic mass is 15.0. The fourth-order valence-electron chi connectivity index (χ4n) is 5.29. The molecule has 0 saturated heterocycles. The standard InChI is InChI=1S/C32H22N2/c1-4-12-22(13-5-1)29-27-21-20-26-25-18-10-11-19-28(25)33-30(26)32(27)34(24-16-8-3-9-17-24)31(29)23-14-6-2-7-15-23/h1-21,33H. The minimum Gasteiger partial charge on any atom is -0.353 e. The zero-order valence-corrected chi connectivity index (χ0v) is 18.6. The highest BCUT2D eigenvalue weighted by molar-refractivity contribution is 6.21. The molecule has 2 heterocycles. The fraction of sp³-hybridized carbons (Fsp3) is 0. The van der Waals surface area contributed by atoms with Crippen LogP contribution in [-0.2, 0) is 0 Å². The Morgan fingerprint density at radius 2 is 1.06 bits per heavy atom.